The standard InChI is InChI=1S/C14H15N7O2/c1-3-23-13(22)10-6-17-21(8-10)12-4-5-15-14(19-12)18-11-7-16-20(2)9-11/h4-9H,3H2,1-2H3,(H,15,18,19). The van der Waals surface area contributed by atoms with Crippen molar-refractivity contribution in [1.29, 1.82) is 0 Å². The fourth-order valence-corrected chi connectivity index (χ4v) is 1.92. The molecule has 0 aromatic carbocycles. The number of hydrogen-bond acceptors (Lipinski definition) is 7. The van der Waals surface area contributed by atoms with Gasteiger partial charge in [-0.3, -0.25) is 4.68 Å². The molecule has 3 aromatic rings. The molecule has 3 heterocycles. The highest BCUT2D eigenvalue weighted by atomic mass is 16.5. The van der Waals surface area contributed by atoms with Crippen molar-refractivity contribution >= 4 is 17.6 Å². The predicted octanol–water partition coefficient (Wildman–Crippen LogP) is 1.32. The molecule has 0 bridgehead atoms. The minimum atomic E-state index is -0.415. The van der Waals surface area contributed by atoms with Crippen molar-refractivity contribution in [2.45, 2.75) is 6.92 Å². The van der Waals surface area contributed by atoms with Crippen molar-refractivity contribution in [1.82, 2.24) is 29.5 Å². The van der Waals surface area contributed by atoms with E-state index in [4.69, 9.17) is 4.74 Å². The number of aromatic nitrogens is 6. The zero-order valence-electron chi connectivity index (χ0n) is 12.7. The molecule has 0 saturated carbocycles. The molecule has 1 N–H and O–H groups in total. The largest absolute Gasteiger partial charge is 0.462 e. The Bertz CT molecular complexity index is 824. The van der Waals surface area contributed by atoms with Gasteiger partial charge in [0, 0.05) is 31.7 Å². The Labute approximate surface area is 131 Å². The first-order valence-corrected chi connectivity index (χ1v) is 6.96. The summed E-state index contributed by atoms with van der Waals surface area (Å²) in [5.41, 5.74) is 1.14. The minimum Gasteiger partial charge on any atom is -0.462 e. The Kier molecular flexibility index (Phi) is 4.00. The Morgan fingerprint density at radius 3 is 2.91 bits per heavy atom. The average Bonchev–Trinajstić information content (AvgIpc) is 3.17. The Morgan fingerprint density at radius 1 is 1.30 bits per heavy atom. The number of nitrogens with one attached hydrogen (secondary N) is 1. The first kappa shape index (κ1) is 14.7. The molecule has 0 fully saturated rings. The summed E-state index contributed by atoms with van der Waals surface area (Å²) in [5, 5.41) is 11.2. The molecule has 0 aliphatic carbocycles. The number of rotatable bonds is 5. The molecule has 0 atom stereocenters. The predicted molar refractivity (Wildman–Crippen MR) is 81.6 cm³/mol. The Hall–Kier alpha value is -3.23. The van der Waals surface area contributed by atoms with E-state index in [9.17, 15) is 4.79 Å². The zero-order chi connectivity index (χ0) is 16.2. The van der Waals surface area contributed by atoms with Gasteiger partial charge >= 0.3 is 5.97 Å². The summed E-state index contributed by atoms with van der Waals surface area (Å²) in [6, 6.07) is 1.69. The lowest BCUT2D eigenvalue weighted by atomic mass is 10.4. The molecule has 0 radical (unpaired) electrons. The van der Waals surface area contributed by atoms with Gasteiger partial charge < -0.3 is 10.1 Å². The molecule has 0 spiro atoms. The number of ether oxygens (including phenoxy) is 1. The number of esters is 1. The molecular weight excluding hydrogens is 298 g/mol. The van der Waals surface area contributed by atoms with Gasteiger partial charge in [-0.1, -0.05) is 0 Å². The highest BCUT2D eigenvalue weighted by molar-refractivity contribution is 5.88. The molecule has 9 heteroatoms. The summed E-state index contributed by atoms with van der Waals surface area (Å²) >= 11 is 0. The summed E-state index contributed by atoms with van der Waals surface area (Å²) in [7, 11) is 1.82. The van der Waals surface area contributed by atoms with Crippen molar-refractivity contribution in [2.75, 3.05) is 11.9 Å². The van der Waals surface area contributed by atoms with Gasteiger partial charge in [-0.25, -0.2) is 14.5 Å². The summed E-state index contributed by atoms with van der Waals surface area (Å²) < 4.78 is 8.10. The van der Waals surface area contributed by atoms with Crippen LogP contribution in [0.3, 0.4) is 0 Å². The molecule has 0 unspecified atom stereocenters. The molecular formula is C14H15N7O2. The van der Waals surface area contributed by atoms with Crippen molar-refractivity contribution in [3.05, 3.63) is 42.6 Å². The number of nitrogens with zero attached hydrogens (tertiary/aromatic N) is 6. The molecule has 23 heavy (non-hydrogen) atoms. The fraction of sp³-hybridized carbons (Fsp3) is 0.214. The van der Waals surface area contributed by atoms with Gasteiger partial charge in [0.25, 0.3) is 0 Å². The monoisotopic (exact) mass is 313 g/mol. The van der Waals surface area contributed by atoms with E-state index in [2.05, 4.69) is 25.5 Å². The molecule has 0 aliphatic heterocycles. The minimum absolute atomic E-state index is 0.316. The number of carbonyl (C=O) groups excluding carboxylic acids is 1. The fourth-order valence-electron chi connectivity index (χ4n) is 1.92. The van der Waals surface area contributed by atoms with E-state index < -0.39 is 5.97 Å². The zero-order valence-corrected chi connectivity index (χ0v) is 12.7. The van der Waals surface area contributed by atoms with Crippen LogP contribution in [0.25, 0.3) is 5.82 Å². The van der Waals surface area contributed by atoms with Crippen LogP contribution in [-0.2, 0) is 11.8 Å². The molecule has 9 nitrogen and oxygen atoms in total. The second-order valence-electron chi connectivity index (χ2n) is 4.66. The van der Waals surface area contributed by atoms with Crippen LogP contribution in [0.2, 0.25) is 0 Å². The van der Waals surface area contributed by atoms with Crippen LogP contribution in [0.4, 0.5) is 11.6 Å². The van der Waals surface area contributed by atoms with Gasteiger partial charge in [0.05, 0.1) is 30.3 Å². The van der Waals surface area contributed by atoms with E-state index in [1.807, 2.05) is 13.2 Å². The molecule has 118 valence electrons. The van der Waals surface area contributed by atoms with Crippen LogP contribution < -0.4 is 5.32 Å². The molecule has 0 amide bonds. The third-order valence-corrected chi connectivity index (χ3v) is 2.93. The van der Waals surface area contributed by atoms with E-state index in [0.717, 1.165) is 5.69 Å². The van der Waals surface area contributed by atoms with Crippen molar-refractivity contribution in [3.63, 3.8) is 0 Å². The van der Waals surface area contributed by atoms with Crippen molar-refractivity contribution < 1.29 is 9.53 Å². The lowest BCUT2D eigenvalue weighted by Crippen LogP contribution is -2.04. The molecule has 3 rings (SSSR count). The normalized spacial score (nSPS) is 10.5. The maximum Gasteiger partial charge on any atom is 0.341 e. The van der Waals surface area contributed by atoms with E-state index in [1.165, 1.54) is 10.9 Å². The third-order valence-electron chi connectivity index (χ3n) is 2.93. The Morgan fingerprint density at radius 2 is 2.17 bits per heavy atom. The second-order valence-corrected chi connectivity index (χ2v) is 4.66. The highest BCUT2D eigenvalue weighted by Gasteiger charge is 2.11. The van der Waals surface area contributed by atoms with Gasteiger partial charge in [0.15, 0.2) is 5.82 Å². The summed E-state index contributed by atoms with van der Waals surface area (Å²) in [4.78, 5) is 20.2. The molecule has 3 aromatic heterocycles. The van der Waals surface area contributed by atoms with Gasteiger partial charge in [-0.05, 0) is 6.92 Å². The topological polar surface area (TPSA) is 99.7 Å². The van der Waals surface area contributed by atoms with Gasteiger partial charge in [0.2, 0.25) is 5.95 Å². The quantitative estimate of drug-likeness (QED) is 0.709. The number of carbonyl (C=O) groups is 1. The lowest BCUT2D eigenvalue weighted by Gasteiger charge is -2.04. The molecule has 0 aliphatic rings. The Balaban J connectivity index is 1.81. The van der Waals surface area contributed by atoms with Crippen molar-refractivity contribution in [2.24, 2.45) is 7.05 Å². The van der Waals surface area contributed by atoms with Gasteiger partial charge in [0.1, 0.15) is 0 Å². The number of anilines is 2. The van der Waals surface area contributed by atoms with Crippen LogP contribution in [0.5, 0.6) is 0 Å². The van der Waals surface area contributed by atoms with Crippen LogP contribution in [0.15, 0.2) is 37.1 Å². The van der Waals surface area contributed by atoms with E-state index >= 15 is 0 Å². The maximum atomic E-state index is 11.7. The van der Waals surface area contributed by atoms with Crippen LogP contribution in [0.1, 0.15) is 17.3 Å². The van der Waals surface area contributed by atoms with Crippen LogP contribution in [-0.4, -0.2) is 42.1 Å². The van der Waals surface area contributed by atoms with Gasteiger partial charge in [-0.15, -0.1) is 0 Å². The maximum absolute atomic E-state index is 11.7. The van der Waals surface area contributed by atoms with E-state index in [-0.39, 0.29) is 0 Å². The first-order valence-electron chi connectivity index (χ1n) is 6.96. The van der Waals surface area contributed by atoms with Crippen LogP contribution in [0, 0.1) is 0 Å². The second kappa shape index (κ2) is 6.26. The summed E-state index contributed by atoms with van der Waals surface area (Å²) in [6.45, 7) is 2.07. The number of aryl methyl sites for hydroxylation is 1. The van der Waals surface area contributed by atoms with Gasteiger partial charge in [-0.2, -0.15) is 15.2 Å². The smallest absolute Gasteiger partial charge is 0.341 e. The van der Waals surface area contributed by atoms with Crippen molar-refractivity contribution in [3.8, 4) is 5.82 Å². The van der Waals surface area contributed by atoms with Crippen LogP contribution >= 0.6 is 0 Å². The third kappa shape index (κ3) is 3.34. The SMILES string of the molecule is CCOC(=O)c1cnn(-c2ccnc(Nc3cnn(C)c3)n2)c1. The lowest BCUT2D eigenvalue weighted by molar-refractivity contribution is 0.0526. The molecule has 0 saturated heterocycles. The highest BCUT2D eigenvalue weighted by Crippen LogP contribution is 2.13. The average molecular weight is 313 g/mol. The van der Waals surface area contributed by atoms with E-state index in [1.54, 1.807) is 36.3 Å². The summed E-state index contributed by atoms with van der Waals surface area (Å²) in [5.74, 6) is 0.520. The summed E-state index contributed by atoms with van der Waals surface area (Å²) in [6.07, 6.45) is 8.08. The number of hydrogen-bond donors (Lipinski definition) is 1. The first-order chi connectivity index (χ1) is 11.2. The van der Waals surface area contributed by atoms with E-state index in [0.29, 0.717) is 23.9 Å².